The molecule has 0 aliphatic carbocycles. The summed E-state index contributed by atoms with van der Waals surface area (Å²) in [7, 11) is 3.58. The number of rotatable bonds is 5. The van der Waals surface area contributed by atoms with Crippen LogP contribution < -0.4 is 19.7 Å². The Bertz CT molecular complexity index is 521. The van der Waals surface area contributed by atoms with Crippen LogP contribution >= 0.6 is 12.8 Å². The van der Waals surface area contributed by atoms with E-state index in [1.807, 2.05) is 25.2 Å². The van der Waals surface area contributed by atoms with Crippen LogP contribution in [0.4, 0.5) is 16.2 Å². The molecular formula is C15H23N3O3S. The van der Waals surface area contributed by atoms with Gasteiger partial charge in [-0.25, -0.2) is 9.10 Å². The molecule has 0 atom stereocenters. The third-order valence-electron chi connectivity index (χ3n) is 3.91. The minimum atomic E-state index is -0.647. The second kappa shape index (κ2) is 7.60. The van der Waals surface area contributed by atoms with E-state index < -0.39 is 6.03 Å². The maximum Gasteiger partial charge on any atom is 0.329 e. The number of hydrogen-bond acceptors (Lipinski definition) is 5. The number of benzene rings is 1. The minimum Gasteiger partial charge on any atom is -0.495 e. The highest BCUT2D eigenvalue weighted by Gasteiger charge is 2.19. The summed E-state index contributed by atoms with van der Waals surface area (Å²) in [5.41, 5.74) is 6.82. The summed E-state index contributed by atoms with van der Waals surface area (Å²) >= 11 is 4.13. The van der Waals surface area contributed by atoms with E-state index in [1.165, 1.54) is 0 Å². The molecule has 0 saturated carbocycles. The molecule has 7 heteroatoms. The highest BCUT2D eigenvalue weighted by molar-refractivity contribution is 7.82. The lowest BCUT2D eigenvalue weighted by molar-refractivity contribution is 0.0685. The van der Waals surface area contributed by atoms with Gasteiger partial charge in [0.05, 0.1) is 7.11 Å². The molecule has 22 heavy (non-hydrogen) atoms. The number of amides is 2. The molecule has 0 radical (unpaired) electrons. The van der Waals surface area contributed by atoms with Crippen molar-refractivity contribution in [3.63, 3.8) is 0 Å². The van der Waals surface area contributed by atoms with Crippen molar-refractivity contribution < 1.29 is 14.3 Å². The molecule has 1 heterocycles. The number of methoxy groups -OCH3 is 1. The Kier molecular flexibility index (Phi) is 5.79. The first-order valence-corrected chi connectivity index (χ1v) is 7.68. The second-order valence-corrected chi connectivity index (χ2v) is 5.84. The summed E-state index contributed by atoms with van der Waals surface area (Å²) in [5.74, 6) is 1.17. The molecule has 1 saturated heterocycles. The van der Waals surface area contributed by atoms with Gasteiger partial charge in [0.15, 0.2) is 0 Å². The first-order chi connectivity index (χ1) is 10.5. The van der Waals surface area contributed by atoms with Gasteiger partial charge in [0.25, 0.3) is 0 Å². The van der Waals surface area contributed by atoms with Crippen LogP contribution in [0.1, 0.15) is 12.8 Å². The Morgan fingerprint density at radius 3 is 2.73 bits per heavy atom. The molecule has 1 aromatic rings. The van der Waals surface area contributed by atoms with Gasteiger partial charge in [-0.2, -0.15) is 0 Å². The largest absolute Gasteiger partial charge is 0.495 e. The van der Waals surface area contributed by atoms with Crippen molar-refractivity contribution in [2.75, 3.05) is 43.1 Å². The maximum absolute atomic E-state index is 11.4. The first-order valence-electron chi connectivity index (χ1n) is 7.28. The summed E-state index contributed by atoms with van der Waals surface area (Å²) in [5, 5.41) is 0. The maximum atomic E-state index is 11.4. The van der Waals surface area contributed by atoms with E-state index in [1.54, 1.807) is 7.11 Å². The molecule has 1 aromatic carbocycles. The molecule has 1 fully saturated rings. The van der Waals surface area contributed by atoms with Crippen LogP contribution in [0, 0.1) is 5.92 Å². The number of anilines is 2. The number of ether oxygens (including phenoxy) is 2. The van der Waals surface area contributed by atoms with Gasteiger partial charge >= 0.3 is 6.03 Å². The molecular weight excluding hydrogens is 302 g/mol. The Balaban J connectivity index is 2.16. The van der Waals surface area contributed by atoms with Crippen molar-refractivity contribution in [2.45, 2.75) is 12.8 Å². The number of carbonyl (C=O) groups excluding carboxylic acids is 1. The molecule has 2 N–H and O–H groups in total. The van der Waals surface area contributed by atoms with E-state index in [0.29, 0.717) is 17.4 Å². The van der Waals surface area contributed by atoms with Crippen molar-refractivity contribution in [1.82, 2.24) is 0 Å². The summed E-state index contributed by atoms with van der Waals surface area (Å²) in [6.45, 7) is 2.61. The van der Waals surface area contributed by atoms with Crippen molar-refractivity contribution >= 4 is 30.2 Å². The zero-order chi connectivity index (χ0) is 16.1. The average Bonchev–Trinajstić information content (AvgIpc) is 2.54. The van der Waals surface area contributed by atoms with E-state index in [4.69, 9.17) is 15.2 Å². The van der Waals surface area contributed by atoms with Crippen molar-refractivity contribution in [3.8, 4) is 5.75 Å². The number of nitrogens with zero attached hydrogens (tertiary/aromatic N) is 2. The van der Waals surface area contributed by atoms with E-state index >= 15 is 0 Å². The van der Waals surface area contributed by atoms with Gasteiger partial charge < -0.3 is 20.1 Å². The van der Waals surface area contributed by atoms with Gasteiger partial charge in [0.1, 0.15) is 11.4 Å². The zero-order valence-corrected chi connectivity index (χ0v) is 13.9. The Morgan fingerprint density at radius 2 is 2.14 bits per heavy atom. The number of thiol groups is 1. The standard InChI is InChI=1S/C15H23N3O3S/c1-17(10-11-5-7-21-8-6-11)12-3-4-14(20-2)13(9-12)18(22)15(16)19/h3-4,9,11,22H,5-8,10H2,1-2H3,(H2,16,19). The van der Waals surface area contributed by atoms with Crippen LogP contribution in [-0.4, -0.2) is 39.9 Å². The highest BCUT2D eigenvalue weighted by Crippen LogP contribution is 2.34. The number of primary amides is 1. The minimum absolute atomic E-state index is 0.537. The number of carbonyl (C=O) groups is 1. The molecule has 1 aliphatic heterocycles. The molecule has 0 unspecified atom stereocenters. The quantitative estimate of drug-likeness (QED) is 0.815. The average molecular weight is 325 g/mol. The van der Waals surface area contributed by atoms with Crippen molar-refractivity contribution in [2.24, 2.45) is 11.7 Å². The predicted octanol–water partition coefficient (Wildman–Crippen LogP) is 2.29. The monoisotopic (exact) mass is 325 g/mol. The SMILES string of the molecule is COc1ccc(N(C)CC2CCOCC2)cc1N(S)C(N)=O. The van der Waals surface area contributed by atoms with E-state index in [0.717, 1.165) is 42.6 Å². The van der Waals surface area contributed by atoms with E-state index in [9.17, 15) is 4.79 Å². The van der Waals surface area contributed by atoms with Crippen LogP contribution in [0.15, 0.2) is 18.2 Å². The molecule has 0 bridgehead atoms. The molecule has 122 valence electrons. The molecule has 0 spiro atoms. The zero-order valence-electron chi connectivity index (χ0n) is 13.0. The van der Waals surface area contributed by atoms with Gasteiger partial charge in [-0.3, -0.25) is 0 Å². The fourth-order valence-corrected chi connectivity index (χ4v) is 2.78. The molecule has 2 rings (SSSR count). The van der Waals surface area contributed by atoms with Crippen molar-refractivity contribution in [1.29, 1.82) is 0 Å². The third kappa shape index (κ3) is 3.98. The topological polar surface area (TPSA) is 68.0 Å². The van der Waals surface area contributed by atoms with Crippen LogP contribution in [0.2, 0.25) is 0 Å². The molecule has 0 aromatic heterocycles. The summed E-state index contributed by atoms with van der Waals surface area (Å²) in [6, 6.07) is 4.99. The van der Waals surface area contributed by atoms with Gasteiger partial charge in [0, 0.05) is 32.5 Å². The van der Waals surface area contributed by atoms with E-state index in [2.05, 4.69) is 17.7 Å². The lowest BCUT2D eigenvalue weighted by atomic mass is 9.99. The van der Waals surface area contributed by atoms with Crippen molar-refractivity contribution in [3.05, 3.63) is 18.2 Å². The Morgan fingerprint density at radius 1 is 1.45 bits per heavy atom. The van der Waals surface area contributed by atoms with Gasteiger partial charge in [-0.1, -0.05) is 12.8 Å². The van der Waals surface area contributed by atoms with Crippen LogP contribution in [0.3, 0.4) is 0 Å². The summed E-state index contributed by atoms with van der Waals surface area (Å²) < 4.78 is 11.7. The van der Waals surface area contributed by atoms with Gasteiger partial charge in [-0.05, 0) is 37.0 Å². The predicted molar refractivity (Wildman–Crippen MR) is 90.9 cm³/mol. The summed E-state index contributed by atoms with van der Waals surface area (Å²) in [4.78, 5) is 13.5. The van der Waals surface area contributed by atoms with Gasteiger partial charge in [0.2, 0.25) is 0 Å². The molecule has 6 nitrogen and oxygen atoms in total. The number of urea groups is 1. The Hall–Kier alpha value is -1.60. The Labute approximate surface area is 136 Å². The fraction of sp³-hybridized carbons (Fsp3) is 0.533. The van der Waals surface area contributed by atoms with Crippen LogP contribution in [0.5, 0.6) is 5.75 Å². The smallest absolute Gasteiger partial charge is 0.329 e. The number of nitrogens with two attached hydrogens (primary N) is 1. The lowest BCUT2D eigenvalue weighted by Crippen LogP contribution is -2.30. The molecule has 2 amide bonds. The molecule has 1 aliphatic rings. The highest BCUT2D eigenvalue weighted by atomic mass is 32.1. The fourth-order valence-electron chi connectivity index (χ4n) is 2.62. The van der Waals surface area contributed by atoms with E-state index in [-0.39, 0.29) is 0 Å². The second-order valence-electron chi connectivity index (χ2n) is 5.44. The normalized spacial score (nSPS) is 15.4. The third-order valence-corrected chi connectivity index (χ3v) is 4.33. The van der Waals surface area contributed by atoms with Gasteiger partial charge in [-0.15, -0.1) is 0 Å². The lowest BCUT2D eigenvalue weighted by Gasteiger charge is -2.29. The van der Waals surface area contributed by atoms with Crippen LogP contribution in [-0.2, 0) is 4.74 Å². The number of hydrogen-bond donors (Lipinski definition) is 2. The van der Waals surface area contributed by atoms with Crippen LogP contribution in [0.25, 0.3) is 0 Å². The summed E-state index contributed by atoms with van der Waals surface area (Å²) in [6.07, 6.45) is 2.15. The first kappa shape index (κ1) is 16.8.